The van der Waals surface area contributed by atoms with Gasteiger partial charge in [-0.25, -0.2) is 17.5 Å². The van der Waals surface area contributed by atoms with E-state index in [1.54, 1.807) is 20.0 Å². The molecular weight excluding hydrogens is 343 g/mol. The standard InChI is InChI=1S/C17H17FN4O2S/c1-12-5-6-16(15(18)8-12)22-17(9-13(21-22)10-19-2)25(23,24)14-4-3-7-20-11-14/h3-9,11,19H,10H2,1-2H3. The van der Waals surface area contributed by atoms with E-state index in [0.29, 0.717) is 12.2 Å². The molecule has 0 fully saturated rings. The molecule has 0 aliphatic rings. The maximum absolute atomic E-state index is 14.4. The smallest absolute Gasteiger partial charge is 0.225 e. The second kappa shape index (κ2) is 6.73. The Hall–Kier alpha value is -2.58. The lowest BCUT2D eigenvalue weighted by Crippen LogP contribution is -2.11. The Morgan fingerprint density at radius 2 is 2.04 bits per heavy atom. The summed E-state index contributed by atoms with van der Waals surface area (Å²) in [6.45, 7) is 2.12. The van der Waals surface area contributed by atoms with Crippen LogP contribution < -0.4 is 5.32 Å². The molecule has 0 aliphatic carbocycles. The minimum Gasteiger partial charge on any atom is -0.314 e. The highest BCUT2D eigenvalue weighted by molar-refractivity contribution is 7.91. The van der Waals surface area contributed by atoms with Crippen molar-refractivity contribution in [3.8, 4) is 5.69 Å². The number of aryl methyl sites for hydroxylation is 1. The molecule has 0 unspecified atom stereocenters. The Bertz CT molecular complexity index is 1000. The molecule has 3 rings (SSSR count). The van der Waals surface area contributed by atoms with Crippen LogP contribution in [0.25, 0.3) is 5.69 Å². The van der Waals surface area contributed by atoms with Gasteiger partial charge in [-0.15, -0.1) is 0 Å². The number of pyridine rings is 1. The Labute approximate surface area is 145 Å². The van der Waals surface area contributed by atoms with E-state index < -0.39 is 15.7 Å². The number of sulfone groups is 1. The van der Waals surface area contributed by atoms with Crippen LogP contribution in [0.2, 0.25) is 0 Å². The zero-order chi connectivity index (χ0) is 18.0. The van der Waals surface area contributed by atoms with Crippen molar-refractivity contribution in [2.75, 3.05) is 7.05 Å². The van der Waals surface area contributed by atoms with Crippen LogP contribution in [0.15, 0.2) is 58.7 Å². The largest absolute Gasteiger partial charge is 0.314 e. The Kier molecular flexibility index (Phi) is 4.65. The molecule has 1 N–H and O–H groups in total. The van der Waals surface area contributed by atoms with Gasteiger partial charge in [0, 0.05) is 25.0 Å². The van der Waals surface area contributed by atoms with Gasteiger partial charge in [0.15, 0.2) is 5.03 Å². The van der Waals surface area contributed by atoms with E-state index in [4.69, 9.17) is 0 Å². The van der Waals surface area contributed by atoms with Gasteiger partial charge in [0.25, 0.3) is 0 Å². The molecule has 0 radical (unpaired) electrons. The van der Waals surface area contributed by atoms with E-state index in [9.17, 15) is 12.8 Å². The number of nitrogens with zero attached hydrogens (tertiary/aromatic N) is 3. The van der Waals surface area contributed by atoms with Gasteiger partial charge in [-0.3, -0.25) is 4.98 Å². The fourth-order valence-corrected chi connectivity index (χ4v) is 3.81. The van der Waals surface area contributed by atoms with Crippen LogP contribution in [0.3, 0.4) is 0 Å². The lowest BCUT2D eigenvalue weighted by atomic mass is 10.2. The fourth-order valence-electron chi connectivity index (χ4n) is 2.45. The summed E-state index contributed by atoms with van der Waals surface area (Å²) in [7, 11) is -2.18. The van der Waals surface area contributed by atoms with Gasteiger partial charge in [0.2, 0.25) is 9.84 Å². The number of aromatic nitrogens is 3. The van der Waals surface area contributed by atoms with Crippen molar-refractivity contribution in [1.82, 2.24) is 20.1 Å². The number of hydrogen-bond acceptors (Lipinski definition) is 5. The van der Waals surface area contributed by atoms with Gasteiger partial charge < -0.3 is 5.32 Å². The van der Waals surface area contributed by atoms with Gasteiger partial charge in [-0.05, 0) is 43.8 Å². The van der Waals surface area contributed by atoms with Crippen LogP contribution >= 0.6 is 0 Å². The van der Waals surface area contributed by atoms with Gasteiger partial charge >= 0.3 is 0 Å². The normalized spacial score (nSPS) is 11.6. The van der Waals surface area contributed by atoms with Crippen LogP contribution in [-0.2, 0) is 16.4 Å². The van der Waals surface area contributed by atoms with Crippen molar-refractivity contribution in [3.05, 3.63) is 65.9 Å². The van der Waals surface area contributed by atoms with Crippen LogP contribution in [0.4, 0.5) is 4.39 Å². The third kappa shape index (κ3) is 3.31. The fraction of sp³-hybridized carbons (Fsp3) is 0.176. The molecule has 2 heterocycles. The lowest BCUT2D eigenvalue weighted by molar-refractivity contribution is 0.575. The third-order valence-corrected chi connectivity index (χ3v) is 5.34. The van der Waals surface area contributed by atoms with Crippen molar-refractivity contribution in [2.24, 2.45) is 0 Å². The molecule has 6 nitrogen and oxygen atoms in total. The molecule has 8 heteroatoms. The maximum Gasteiger partial charge on any atom is 0.225 e. The van der Waals surface area contributed by atoms with Crippen LogP contribution in [0.1, 0.15) is 11.3 Å². The Balaban J connectivity index is 2.23. The van der Waals surface area contributed by atoms with E-state index in [1.807, 2.05) is 0 Å². The molecular formula is C17H17FN4O2S. The van der Waals surface area contributed by atoms with Crippen LogP contribution in [0.5, 0.6) is 0 Å². The maximum atomic E-state index is 14.4. The molecule has 1 aromatic carbocycles. The number of halogens is 1. The minimum atomic E-state index is -3.90. The molecule has 130 valence electrons. The minimum absolute atomic E-state index is 0.0275. The van der Waals surface area contributed by atoms with Gasteiger partial charge in [0.1, 0.15) is 11.5 Å². The topological polar surface area (TPSA) is 76.9 Å². The Morgan fingerprint density at radius 1 is 1.24 bits per heavy atom. The zero-order valence-electron chi connectivity index (χ0n) is 13.8. The summed E-state index contributed by atoms with van der Waals surface area (Å²) in [5, 5.41) is 7.08. The van der Waals surface area contributed by atoms with Crippen molar-refractivity contribution < 1.29 is 12.8 Å². The van der Waals surface area contributed by atoms with E-state index >= 15 is 0 Å². The summed E-state index contributed by atoms with van der Waals surface area (Å²) in [5.74, 6) is -0.540. The van der Waals surface area contributed by atoms with E-state index in [1.165, 1.54) is 42.7 Å². The van der Waals surface area contributed by atoms with Gasteiger partial charge in [-0.2, -0.15) is 5.10 Å². The molecule has 0 aliphatic heterocycles. The highest BCUT2D eigenvalue weighted by Crippen LogP contribution is 2.25. The van der Waals surface area contributed by atoms with Crippen molar-refractivity contribution in [2.45, 2.75) is 23.4 Å². The molecule has 0 saturated carbocycles. The number of benzene rings is 1. The average molecular weight is 360 g/mol. The van der Waals surface area contributed by atoms with Crippen LogP contribution in [0, 0.1) is 12.7 Å². The van der Waals surface area contributed by atoms with E-state index in [-0.39, 0.29) is 15.6 Å². The van der Waals surface area contributed by atoms with Crippen molar-refractivity contribution in [3.63, 3.8) is 0 Å². The molecule has 0 spiro atoms. The first kappa shape index (κ1) is 17.2. The number of nitrogens with one attached hydrogen (secondary N) is 1. The second-order valence-corrected chi connectivity index (χ2v) is 7.46. The lowest BCUT2D eigenvalue weighted by Gasteiger charge is -2.09. The summed E-state index contributed by atoms with van der Waals surface area (Å²) in [4.78, 5) is 3.88. The summed E-state index contributed by atoms with van der Waals surface area (Å²) < 4.78 is 41.5. The average Bonchev–Trinajstić information content (AvgIpc) is 3.00. The predicted molar refractivity (Wildman–Crippen MR) is 90.7 cm³/mol. The first-order chi connectivity index (χ1) is 11.9. The van der Waals surface area contributed by atoms with Crippen molar-refractivity contribution in [1.29, 1.82) is 0 Å². The number of rotatable bonds is 5. The molecule has 0 saturated heterocycles. The van der Waals surface area contributed by atoms with Gasteiger partial charge in [0.05, 0.1) is 10.6 Å². The van der Waals surface area contributed by atoms with Gasteiger partial charge in [-0.1, -0.05) is 6.07 Å². The molecule has 25 heavy (non-hydrogen) atoms. The predicted octanol–water partition coefficient (Wildman–Crippen LogP) is 2.27. The molecule has 3 aromatic rings. The highest BCUT2D eigenvalue weighted by Gasteiger charge is 2.26. The SMILES string of the molecule is CNCc1cc(S(=O)(=O)c2cccnc2)n(-c2ccc(C)cc2F)n1. The zero-order valence-corrected chi connectivity index (χ0v) is 14.6. The number of hydrogen-bond donors (Lipinski definition) is 1. The first-order valence-electron chi connectivity index (χ1n) is 7.58. The summed E-state index contributed by atoms with van der Waals surface area (Å²) in [6, 6.07) is 8.99. The molecule has 0 bridgehead atoms. The van der Waals surface area contributed by atoms with Crippen molar-refractivity contribution >= 4 is 9.84 Å². The monoisotopic (exact) mass is 360 g/mol. The molecule has 0 amide bonds. The highest BCUT2D eigenvalue weighted by atomic mass is 32.2. The van der Waals surface area contributed by atoms with Crippen LogP contribution in [-0.4, -0.2) is 30.2 Å². The summed E-state index contributed by atoms with van der Waals surface area (Å²) in [5.41, 5.74) is 1.31. The quantitative estimate of drug-likeness (QED) is 0.755. The van der Waals surface area contributed by atoms with E-state index in [2.05, 4.69) is 15.4 Å². The summed E-state index contributed by atoms with van der Waals surface area (Å²) >= 11 is 0. The van der Waals surface area contributed by atoms with E-state index in [0.717, 1.165) is 10.2 Å². The summed E-state index contributed by atoms with van der Waals surface area (Å²) in [6.07, 6.45) is 2.75. The Morgan fingerprint density at radius 3 is 2.68 bits per heavy atom. The first-order valence-corrected chi connectivity index (χ1v) is 9.07. The second-order valence-electron chi connectivity index (χ2n) is 5.56. The molecule has 0 atom stereocenters. The third-order valence-electron chi connectivity index (χ3n) is 3.64. The molecule has 2 aromatic heterocycles.